The van der Waals surface area contributed by atoms with E-state index in [0.717, 1.165) is 12.8 Å². The highest BCUT2D eigenvalue weighted by atomic mass is 19.1. The lowest BCUT2D eigenvalue weighted by Crippen LogP contribution is -2.12. The van der Waals surface area contributed by atoms with Crippen molar-refractivity contribution in [2.75, 3.05) is 18.5 Å². The molecule has 0 aliphatic carbocycles. The molecule has 0 aliphatic rings. The van der Waals surface area contributed by atoms with E-state index in [1.807, 2.05) is 13.8 Å². The Labute approximate surface area is 173 Å². The summed E-state index contributed by atoms with van der Waals surface area (Å²) in [5.74, 6) is -2.56. The van der Waals surface area contributed by atoms with Gasteiger partial charge in [-0.2, -0.15) is 0 Å². The Morgan fingerprint density at radius 3 is 2.53 bits per heavy atom. The number of carbonyl (C=O) groups is 1. The highest BCUT2D eigenvalue weighted by Gasteiger charge is 2.24. The van der Waals surface area contributed by atoms with Crippen molar-refractivity contribution in [1.29, 1.82) is 0 Å². The van der Waals surface area contributed by atoms with E-state index in [4.69, 9.17) is 15.0 Å². The molecule has 160 valence electrons. The first-order valence-corrected chi connectivity index (χ1v) is 9.76. The van der Waals surface area contributed by atoms with Gasteiger partial charge >= 0.3 is 5.97 Å². The van der Waals surface area contributed by atoms with Crippen molar-refractivity contribution in [2.45, 2.75) is 39.5 Å². The number of esters is 1. The highest BCUT2D eigenvalue weighted by Crippen LogP contribution is 2.40. The van der Waals surface area contributed by atoms with Gasteiger partial charge in [0.25, 0.3) is 0 Å². The molecule has 7 nitrogen and oxygen atoms in total. The van der Waals surface area contributed by atoms with Crippen LogP contribution >= 0.6 is 0 Å². The van der Waals surface area contributed by atoms with Crippen LogP contribution in [0.25, 0.3) is 10.4 Å². The molecule has 0 unspecified atom stereocenters. The molecule has 30 heavy (non-hydrogen) atoms. The molecule has 0 heterocycles. The Morgan fingerprint density at radius 2 is 1.87 bits per heavy atom. The van der Waals surface area contributed by atoms with Crippen molar-refractivity contribution >= 4 is 23.0 Å². The predicted molar refractivity (Wildman–Crippen MR) is 110 cm³/mol. The van der Waals surface area contributed by atoms with Crippen molar-refractivity contribution in [2.24, 2.45) is 5.11 Å². The molecule has 2 aromatic carbocycles. The molecule has 0 spiro atoms. The molecule has 0 aromatic heterocycles. The van der Waals surface area contributed by atoms with E-state index in [2.05, 4.69) is 15.3 Å². The molecule has 0 saturated carbocycles. The molecular weight excluding hydrogens is 394 g/mol. The van der Waals surface area contributed by atoms with Gasteiger partial charge in [0, 0.05) is 4.91 Å². The second-order valence-electron chi connectivity index (χ2n) is 6.45. The summed E-state index contributed by atoms with van der Waals surface area (Å²) >= 11 is 0. The Kier molecular flexibility index (Phi) is 8.90. The van der Waals surface area contributed by atoms with Crippen molar-refractivity contribution in [3.63, 3.8) is 0 Å². The van der Waals surface area contributed by atoms with Crippen molar-refractivity contribution in [3.05, 3.63) is 58.0 Å². The van der Waals surface area contributed by atoms with Crippen LogP contribution < -0.4 is 10.1 Å². The fraction of sp³-hybridized carbons (Fsp3) is 0.381. The van der Waals surface area contributed by atoms with E-state index in [-0.39, 0.29) is 35.9 Å². The van der Waals surface area contributed by atoms with Gasteiger partial charge in [0.1, 0.15) is 17.3 Å². The topological polar surface area (TPSA) is 96.3 Å². The average Bonchev–Trinajstić information content (AvgIpc) is 2.74. The van der Waals surface area contributed by atoms with E-state index < -0.39 is 23.3 Å². The molecule has 0 atom stereocenters. The number of anilines is 2. The number of benzene rings is 2. The Hall–Kier alpha value is -3.32. The minimum atomic E-state index is -1.03. The van der Waals surface area contributed by atoms with Crippen molar-refractivity contribution in [3.8, 4) is 5.75 Å². The van der Waals surface area contributed by atoms with Crippen molar-refractivity contribution < 1.29 is 23.0 Å². The minimum Gasteiger partial charge on any atom is -0.493 e. The maximum absolute atomic E-state index is 15.3. The number of rotatable bonds is 11. The smallest absolute Gasteiger partial charge is 0.340 e. The van der Waals surface area contributed by atoms with Gasteiger partial charge in [-0.25, -0.2) is 13.6 Å². The summed E-state index contributed by atoms with van der Waals surface area (Å²) in [5.41, 5.74) is 7.84. The molecule has 0 bridgehead atoms. The summed E-state index contributed by atoms with van der Waals surface area (Å²) in [6.45, 7) is 4.29. The summed E-state index contributed by atoms with van der Waals surface area (Å²) in [6, 6.07) is 6.86. The van der Waals surface area contributed by atoms with Gasteiger partial charge in [-0.3, -0.25) is 0 Å². The number of hydrogen-bond donors (Lipinski definition) is 1. The van der Waals surface area contributed by atoms with Gasteiger partial charge in [0.05, 0.1) is 30.2 Å². The third kappa shape index (κ3) is 5.84. The Morgan fingerprint density at radius 1 is 1.17 bits per heavy atom. The highest BCUT2D eigenvalue weighted by molar-refractivity contribution is 5.98. The zero-order valence-electron chi connectivity index (χ0n) is 17.0. The standard InChI is InChI=1S/C21H24F2N4O3/c1-3-5-11-29-17-13-14(21(28)30-12-6-4-2)19(18(23)20(17)26-27-24)25-16-10-8-7-9-15(16)22/h7-10,13,25H,3-6,11-12H2,1-2H3. The van der Waals surface area contributed by atoms with Crippen LogP contribution in [0.2, 0.25) is 0 Å². The molecule has 0 fully saturated rings. The summed E-state index contributed by atoms with van der Waals surface area (Å²) < 4.78 is 40.2. The second kappa shape index (κ2) is 11.6. The molecular formula is C21H24F2N4O3. The number of carbonyl (C=O) groups excluding carboxylic acids is 1. The van der Waals surface area contributed by atoms with Crippen LogP contribution in [0, 0.1) is 11.6 Å². The maximum Gasteiger partial charge on any atom is 0.340 e. The van der Waals surface area contributed by atoms with Crippen LogP contribution in [0.1, 0.15) is 49.9 Å². The first-order valence-electron chi connectivity index (χ1n) is 9.76. The molecule has 0 radical (unpaired) electrons. The molecule has 2 aromatic rings. The van der Waals surface area contributed by atoms with Gasteiger partial charge in [-0.15, -0.1) is 0 Å². The number of azide groups is 1. The zero-order valence-corrected chi connectivity index (χ0v) is 17.0. The molecule has 0 saturated heterocycles. The van der Waals surface area contributed by atoms with Gasteiger partial charge < -0.3 is 14.8 Å². The van der Waals surface area contributed by atoms with Crippen molar-refractivity contribution in [1.82, 2.24) is 0 Å². The van der Waals surface area contributed by atoms with Crippen LogP contribution in [0.5, 0.6) is 5.75 Å². The fourth-order valence-electron chi connectivity index (χ4n) is 2.56. The third-order valence-corrected chi connectivity index (χ3v) is 4.19. The van der Waals surface area contributed by atoms with Crippen LogP contribution in [0.4, 0.5) is 25.8 Å². The number of para-hydroxylation sites is 1. The monoisotopic (exact) mass is 418 g/mol. The number of ether oxygens (including phenoxy) is 2. The normalized spacial score (nSPS) is 10.3. The van der Waals surface area contributed by atoms with E-state index in [1.165, 1.54) is 24.3 Å². The first kappa shape index (κ1) is 23.0. The molecule has 2 rings (SSSR count). The molecule has 1 N–H and O–H groups in total. The zero-order chi connectivity index (χ0) is 21.9. The first-order chi connectivity index (χ1) is 14.5. The SMILES string of the molecule is CCCCOC(=O)c1cc(OCCCC)c(N=[N+]=[N-])c(F)c1Nc1ccccc1F. The second-order valence-corrected chi connectivity index (χ2v) is 6.45. The number of unbranched alkanes of at least 4 members (excludes halogenated alkanes) is 2. The summed E-state index contributed by atoms with van der Waals surface area (Å²) in [6.07, 6.45) is 2.96. The van der Waals surface area contributed by atoms with E-state index >= 15 is 4.39 Å². The fourth-order valence-corrected chi connectivity index (χ4v) is 2.56. The van der Waals surface area contributed by atoms with Gasteiger partial charge in [0.2, 0.25) is 0 Å². The van der Waals surface area contributed by atoms with Gasteiger partial charge in [0.15, 0.2) is 5.82 Å². The summed E-state index contributed by atoms with van der Waals surface area (Å²) in [5, 5.41) is 5.96. The van der Waals surface area contributed by atoms with E-state index in [1.54, 1.807) is 6.07 Å². The summed E-state index contributed by atoms with van der Waals surface area (Å²) in [7, 11) is 0. The summed E-state index contributed by atoms with van der Waals surface area (Å²) in [4.78, 5) is 15.3. The maximum atomic E-state index is 15.3. The Bertz CT molecular complexity index is 931. The third-order valence-electron chi connectivity index (χ3n) is 4.19. The lowest BCUT2D eigenvalue weighted by Gasteiger charge is -2.17. The number of nitrogens with zero attached hydrogens (tertiary/aromatic N) is 3. The van der Waals surface area contributed by atoms with E-state index in [9.17, 15) is 9.18 Å². The number of halogens is 2. The minimum absolute atomic E-state index is 0.0504. The number of nitrogens with one attached hydrogen (secondary N) is 1. The molecule has 9 heteroatoms. The Balaban J connectivity index is 2.56. The average molecular weight is 418 g/mol. The molecule has 0 aliphatic heterocycles. The van der Waals surface area contributed by atoms with Crippen LogP contribution in [0.3, 0.4) is 0 Å². The predicted octanol–water partition coefficient (Wildman–Crippen LogP) is 6.79. The molecule has 0 amide bonds. The van der Waals surface area contributed by atoms with Crippen LogP contribution in [-0.4, -0.2) is 19.2 Å². The van der Waals surface area contributed by atoms with Crippen LogP contribution in [-0.2, 0) is 4.74 Å². The van der Waals surface area contributed by atoms with Crippen LogP contribution in [0.15, 0.2) is 35.4 Å². The van der Waals surface area contributed by atoms with Gasteiger partial charge in [-0.1, -0.05) is 43.9 Å². The van der Waals surface area contributed by atoms with Gasteiger partial charge in [-0.05, 0) is 36.6 Å². The lowest BCUT2D eigenvalue weighted by atomic mass is 10.1. The lowest BCUT2D eigenvalue weighted by molar-refractivity contribution is 0.0500. The van der Waals surface area contributed by atoms with E-state index in [0.29, 0.717) is 12.8 Å². The largest absolute Gasteiger partial charge is 0.493 e. The number of hydrogen-bond acceptors (Lipinski definition) is 5. The quantitative estimate of drug-likeness (QED) is 0.143.